The first-order valence-corrected chi connectivity index (χ1v) is 2.60. The molecule has 0 atom stereocenters. The topological polar surface area (TPSA) is 0 Å². The van der Waals surface area contributed by atoms with Gasteiger partial charge in [-0.2, -0.15) is 0 Å². The average Bonchev–Trinajstić information content (AvgIpc) is 1.33. The van der Waals surface area contributed by atoms with Crippen LogP contribution in [0.5, 0.6) is 0 Å². The van der Waals surface area contributed by atoms with E-state index >= 15 is 0 Å². The highest BCUT2D eigenvalue weighted by molar-refractivity contribution is 4.97. The van der Waals surface area contributed by atoms with Gasteiger partial charge in [-0.25, -0.2) is 0 Å². The molecule has 1 rings (SSSR count). The smallest absolute Gasteiger partial charge is 0.0267 e. The Balaban J connectivity index is 2.11. The molecule has 1 radical (unpaired) electrons. The maximum absolute atomic E-state index is 2.30. The van der Waals surface area contributed by atoms with Gasteiger partial charge in [0.05, 0.1) is 0 Å². The second kappa shape index (κ2) is 1.25. The fourth-order valence-corrected chi connectivity index (χ4v) is 1.13. The van der Waals surface area contributed by atoms with Crippen LogP contribution in [0.25, 0.3) is 0 Å². The molecule has 0 aromatic heterocycles. The molecule has 6 heavy (non-hydrogen) atoms. The number of hydrogen-bond acceptors (Lipinski definition) is 0. The van der Waals surface area contributed by atoms with Crippen molar-refractivity contribution in [2.45, 2.75) is 26.7 Å². The molecule has 0 aliphatic heterocycles. The summed E-state index contributed by atoms with van der Waals surface area (Å²) >= 11 is 0. The summed E-state index contributed by atoms with van der Waals surface area (Å²) in [7, 11) is 0. The van der Waals surface area contributed by atoms with Gasteiger partial charge >= 0.3 is 0 Å². The van der Waals surface area contributed by atoms with Crippen LogP contribution in [0.2, 0.25) is 0 Å². The first-order chi connectivity index (χ1) is 2.79. The summed E-state index contributed by atoms with van der Waals surface area (Å²) < 4.78 is 0. The minimum Gasteiger partial charge on any atom is -0.0625 e. The molecule has 0 aromatic rings. The normalized spacial score (nSPS) is 27.0. The van der Waals surface area contributed by atoms with E-state index in [1.165, 1.54) is 12.8 Å². The molecule has 0 aromatic carbocycles. The molecule has 0 unspecified atom stereocenters. The lowest BCUT2D eigenvalue weighted by Gasteiger charge is -2.28. The van der Waals surface area contributed by atoms with Gasteiger partial charge in [0, 0.05) is 0 Å². The summed E-state index contributed by atoms with van der Waals surface area (Å²) in [5, 5.41) is 0. The standard InChI is InChI=1S/C6H11/c1-5-3-6(2)4-5/h5H,3-4H2,1-2H3. The Labute approximate surface area is 39.6 Å². The van der Waals surface area contributed by atoms with Gasteiger partial charge in [-0.1, -0.05) is 13.8 Å². The molecule has 35 valence electrons. The summed E-state index contributed by atoms with van der Waals surface area (Å²) in [6.07, 6.45) is 2.78. The van der Waals surface area contributed by atoms with Crippen molar-refractivity contribution >= 4 is 0 Å². The summed E-state index contributed by atoms with van der Waals surface area (Å²) in [6, 6.07) is 0. The van der Waals surface area contributed by atoms with Gasteiger partial charge in [0.1, 0.15) is 0 Å². The molecule has 0 bridgehead atoms. The number of rotatable bonds is 0. The molecular weight excluding hydrogens is 72.1 g/mol. The maximum Gasteiger partial charge on any atom is -0.0267 e. The van der Waals surface area contributed by atoms with E-state index in [1.54, 1.807) is 5.92 Å². The van der Waals surface area contributed by atoms with Crippen LogP contribution >= 0.6 is 0 Å². The first kappa shape index (κ1) is 4.17. The summed E-state index contributed by atoms with van der Waals surface area (Å²) in [4.78, 5) is 0. The maximum atomic E-state index is 2.30. The van der Waals surface area contributed by atoms with Crippen molar-refractivity contribution in [2.24, 2.45) is 5.92 Å². The molecular formula is C6H11. The van der Waals surface area contributed by atoms with Gasteiger partial charge in [0.25, 0.3) is 0 Å². The van der Waals surface area contributed by atoms with E-state index in [9.17, 15) is 0 Å². The molecule has 0 amide bonds. The van der Waals surface area contributed by atoms with Gasteiger partial charge in [0.2, 0.25) is 0 Å². The fraction of sp³-hybridized carbons (Fsp3) is 0.833. The Kier molecular flexibility index (Phi) is 0.868. The van der Waals surface area contributed by atoms with Gasteiger partial charge in [-0.05, 0) is 24.7 Å². The Hall–Kier alpha value is 0. The second-order valence-corrected chi connectivity index (χ2v) is 2.47. The van der Waals surface area contributed by atoms with E-state index in [-0.39, 0.29) is 0 Å². The highest BCUT2D eigenvalue weighted by Gasteiger charge is 2.20. The van der Waals surface area contributed by atoms with Crippen molar-refractivity contribution in [3.63, 3.8) is 0 Å². The van der Waals surface area contributed by atoms with E-state index in [2.05, 4.69) is 13.8 Å². The zero-order valence-corrected chi connectivity index (χ0v) is 4.49. The van der Waals surface area contributed by atoms with E-state index < -0.39 is 0 Å². The van der Waals surface area contributed by atoms with Crippen LogP contribution < -0.4 is 0 Å². The van der Waals surface area contributed by atoms with Crippen LogP contribution in [-0.4, -0.2) is 0 Å². The highest BCUT2D eigenvalue weighted by atomic mass is 14.2. The van der Waals surface area contributed by atoms with Crippen LogP contribution in [0.3, 0.4) is 0 Å². The Morgan fingerprint density at radius 2 is 2.00 bits per heavy atom. The van der Waals surface area contributed by atoms with Crippen molar-refractivity contribution in [2.75, 3.05) is 0 Å². The van der Waals surface area contributed by atoms with E-state index in [0.717, 1.165) is 5.92 Å². The Morgan fingerprint density at radius 3 is 2.00 bits per heavy atom. The molecule has 0 nitrogen and oxygen atoms in total. The minimum absolute atomic E-state index is 1.00. The fourth-order valence-electron chi connectivity index (χ4n) is 1.13. The third-order valence-electron chi connectivity index (χ3n) is 1.39. The van der Waals surface area contributed by atoms with E-state index in [1.807, 2.05) is 0 Å². The Bertz CT molecular complexity index is 36.0. The summed E-state index contributed by atoms with van der Waals surface area (Å²) in [5.74, 6) is 2.69. The zero-order valence-electron chi connectivity index (χ0n) is 4.49. The quantitative estimate of drug-likeness (QED) is 0.420. The predicted molar refractivity (Wildman–Crippen MR) is 27.3 cm³/mol. The van der Waals surface area contributed by atoms with Crippen molar-refractivity contribution < 1.29 is 0 Å². The summed E-state index contributed by atoms with van der Waals surface area (Å²) in [5.41, 5.74) is 0. The molecule has 0 heterocycles. The zero-order chi connectivity index (χ0) is 4.57. The molecule has 0 spiro atoms. The van der Waals surface area contributed by atoms with Crippen molar-refractivity contribution in [3.05, 3.63) is 5.92 Å². The predicted octanol–water partition coefficient (Wildman–Crippen LogP) is 2.01. The largest absolute Gasteiger partial charge is 0.0625 e. The first-order valence-electron chi connectivity index (χ1n) is 2.60. The third-order valence-corrected chi connectivity index (χ3v) is 1.39. The van der Waals surface area contributed by atoms with Gasteiger partial charge in [-0.3, -0.25) is 0 Å². The van der Waals surface area contributed by atoms with Crippen molar-refractivity contribution in [1.82, 2.24) is 0 Å². The van der Waals surface area contributed by atoms with Crippen LogP contribution in [0.15, 0.2) is 0 Å². The van der Waals surface area contributed by atoms with E-state index in [0.29, 0.717) is 0 Å². The lowest BCUT2D eigenvalue weighted by Crippen LogP contribution is -2.14. The van der Waals surface area contributed by atoms with Crippen molar-refractivity contribution in [3.8, 4) is 0 Å². The summed E-state index contributed by atoms with van der Waals surface area (Å²) in [6.45, 7) is 4.53. The third kappa shape index (κ3) is 0.562. The van der Waals surface area contributed by atoms with E-state index in [4.69, 9.17) is 0 Å². The Morgan fingerprint density at radius 1 is 1.50 bits per heavy atom. The highest BCUT2D eigenvalue weighted by Crippen LogP contribution is 2.33. The number of hydrogen-bond donors (Lipinski definition) is 0. The average molecular weight is 83.2 g/mol. The van der Waals surface area contributed by atoms with Crippen LogP contribution in [0.1, 0.15) is 26.7 Å². The lowest BCUT2D eigenvalue weighted by molar-refractivity contribution is 0.391. The molecule has 1 saturated carbocycles. The minimum atomic E-state index is 1.00. The molecule has 0 saturated heterocycles. The molecule has 1 aliphatic rings. The van der Waals surface area contributed by atoms with Gasteiger partial charge < -0.3 is 0 Å². The molecule has 0 heteroatoms. The lowest BCUT2D eigenvalue weighted by atomic mass is 9.78. The molecule has 0 N–H and O–H groups in total. The second-order valence-electron chi connectivity index (χ2n) is 2.47. The molecule has 1 aliphatic carbocycles. The van der Waals surface area contributed by atoms with Crippen molar-refractivity contribution in [1.29, 1.82) is 0 Å². The van der Waals surface area contributed by atoms with Gasteiger partial charge in [0.15, 0.2) is 0 Å². The van der Waals surface area contributed by atoms with Crippen LogP contribution in [0, 0.1) is 11.8 Å². The SMILES string of the molecule is C[C]1CC(C)C1. The van der Waals surface area contributed by atoms with Crippen LogP contribution in [0.4, 0.5) is 0 Å². The molecule has 1 fully saturated rings. The van der Waals surface area contributed by atoms with Gasteiger partial charge in [-0.15, -0.1) is 0 Å². The monoisotopic (exact) mass is 83.1 g/mol. The van der Waals surface area contributed by atoms with Crippen LogP contribution in [-0.2, 0) is 0 Å².